The molecule has 0 aliphatic carbocycles. The lowest BCUT2D eigenvalue weighted by molar-refractivity contribution is -0.132. The minimum absolute atomic E-state index is 0.105. The van der Waals surface area contributed by atoms with Gasteiger partial charge < -0.3 is 5.11 Å². The van der Waals surface area contributed by atoms with Gasteiger partial charge in [-0.05, 0) is 19.3 Å². The topological polar surface area (TPSA) is 37.3 Å². The van der Waals surface area contributed by atoms with Crippen LogP contribution in [0.1, 0.15) is 58.3 Å². The molecule has 0 aromatic carbocycles. The Labute approximate surface area is 97.6 Å². The Hall–Kier alpha value is -0.860. The zero-order valence-electron chi connectivity index (χ0n) is 10.2. The quantitative estimate of drug-likeness (QED) is 0.453. The number of unbranched alkanes of at least 4 members (excludes halogenated alkanes) is 4. The van der Waals surface area contributed by atoms with Crippen LogP contribution in [0, 0.1) is 0 Å². The van der Waals surface area contributed by atoms with Gasteiger partial charge in [-0.15, -0.1) is 0 Å². The maximum absolute atomic E-state index is 13.3. The fraction of sp³-hybridized carbons (Fsp3) is 0.769. The number of alkyl halides is 1. The minimum Gasteiger partial charge on any atom is -0.478 e. The van der Waals surface area contributed by atoms with E-state index in [1.54, 1.807) is 0 Å². The summed E-state index contributed by atoms with van der Waals surface area (Å²) in [6.45, 7) is 5.53. The normalized spacial score (nSPS) is 12.4. The van der Waals surface area contributed by atoms with E-state index in [4.69, 9.17) is 5.11 Å². The summed E-state index contributed by atoms with van der Waals surface area (Å²) < 4.78 is 13.3. The van der Waals surface area contributed by atoms with Crippen molar-refractivity contribution in [3.63, 3.8) is 0 Å². The fourth-order valence-corrected chi connectivity index (χ4v) is 1.55. The molecule has 0 radical (unpaired) electrons. The Morgan fingerprint density at radius 2 is 1.88 bits per heavy atom. The van der Waals surface area contributed by atoms with Crippen molar-refractivity contribution >= 4 is 5.97 Å². The van der Waals surface area contributed by atoms with Gasteiger partial charge in [0.1, 0.15) is 6.17 Å². The number of aliphatic carboxylic acids is 1. The third-order valence-corrected chi connectivity index (χ3v) is 2.68. The van der Waals surface area contributed by atoms with Gasteiger partial charge in [-0.25, -0.2) is 9.18 Å². The van der Waals surface area contributed by atoms with Crippen LogP contribution in [0.4, 0.5) is 4.39 Å². The van der Waals surface area contributed by atoms with Gasteiger partial charge in [-0.1, -0.05) is 45.6 Å². The van der Waals surface area contributed by atoms with Crippen molar-refractivity contribution in [2.45, 2.75) is 64.5 Å². The highest BCUT2D eigenvalue weighted by Gasteiger charge is 2.10. The SMILES string of the molecule is C=C(CCC(F)CCCCCCC)C(=O)O. The third kappa shape index (κ3) is 8.45. The molecule has 3 heteroatoms. The van der Waals surface area contributed by atoms with Gasteiger partial charge >= 0.3 is 5.97 Å². The second kappa shape index (κ2) is 9.37. The van der Waals surface area contributed by atoms with Gasteiger partial charge in [0, 0.05) is 5.57 Å². The maximum atomic E-state index is 13.3. The van der Waals surface area contributed by atoms with Gasteiger partial charge in [-0.2, -0.15) is 0 Å². The summed E-state index contributed by atoms with van der Waals surface area (Å²) in [6.07, 6.45) is 5.78. The Balaban J connectivity index is 3.41. The van der Waals surface area contributed by atoms with Crippen LogP contribution < -0.4 is 0 Å². The Kier molecular flexibility index (Phi) is 8.87. The van der Waals surface area contributed by atoms with Crippen LogP contribution in [0.3, 0.4) is 0 Å². The highest BCUT2D eigenvalue weighted by Crippen LogP contribution is 2.15. The number of halogens is 1. The molecule has 0 saturated heterocycles. The molecule has 0 aliphatic rings. The number of hydrogen-bond acceptors (Lipinski definition) is 1. The standard InChI is InChI=1S/C13H23FO2/c1-3-4-5-6-7-8-12(14)10-9-11(2)13(15)16/h12H,2-10H2,1H3,(H,15,16). The molecule has 2 nitrogen and oxygen atoms in total. The molecule has 16 heavy (non-hydrogen) atoms. The lowest BCUT2D eigenvalue weighted by Crippen LogP contribution is -2.05. The second-order valence-electron chi connectivity index (χ2n) is 4.25. The summed E-state index contributed by atoms with van der Waals surface area (Å²) in [7, 11) is 0. The van der Waals surface area contributed by atoms with Crippen LogP contribution in [0.15, 0.2) is 12.2 Å². The molecule has 0 aromatic rings. The minimum atomic E-state index is -1.02. The van der Waals surface area contributed by atoms with Gasteiger partial charge in [0.25, 0.3) is 0 Å². The molecule has 0 fully saturated rings. The first-order chi connectivity index (χ1) is 7.57. The molecule has 0 amide bonds. The molecule has 0 aromatic heterocycles. The number of carbonyl (C=O) groups is 1. The molecule has 0 rings (SSSR count). The van der Waals surface area contributed by atoms with Crippen molar-refractivity contribution in [2.24, 2.45) is 0 Å². The van der Waals surface area contributed by atoms with Gasteiger partial charge in [-0.3, -0.25) is 0 Å². The zero-order chi connectivity index (χ0) is 12.4. The van der Waals surface area contributed by atoms with E-state index in [9.17, 15) is 9.18 Å². The summed E-state index contributed by atoms with van der Waals surface area (Å²) in [5.41, 5.74) is 0.105. The molecule has 0 bridgehead atoms. The van der Waals surface area contributed by atoms with E-state index in [2.05, 4.69) is 13.5 Å². The molecule has 0 aliphatic heterocycles. The lowest BCUT2D eigenvalue weighted by Gasteiger charge is -2.07. The predicted molar refractivity (Wildman–Crippen MR) is 64.3 cm³/mol. The zero-order valence-corrected chi connectivity index (χ0v) is 10.2. The van der Waals surface area contributed by atoms with Crippen molar-refractivity contribution in [1.82, 2.24) is 0 Å². The van der Waals surface area contributed by atoms with E-state index >= 15 is 0 Å². The van der Waals surface area contributed by atoms with Crippen molar-refractivity contribution in [3.05, 3.63) is 12.2 Å². The molecule has 0 heterocycles. The van der Waals surface area contributed by atoms with Crippen molar-refractivity contribution in [3.8, 4) is 0 Å². The average molecular weight is 230 g/mol. The summed E-state index contributed by atoms with van der Waals surface area (Å²) in [5, 5.41) is 8.55. The van der Waals surface area contributed by atoms with E-state index in [-0.39, 0.29) is 12.0 Å². The van der Waals surface area contributed by atoms with E-state index in [0.29, 0.717) is 12.8 Å². The van der Waals surface area contributed by atoms with Gasteiger partial charge in [0.05, 0.1) is 0 Å². The lowest BCUT2D eigenvalue weighted by atomic mass is 10.0. The first-order valence-corrected chi connectivity index (χ1v) is 6.13. The summed E-state index contributed by atoms with van der Waals surface area (Å²) in [6, 6.07) is 0. The molecule has 0 spiro atoms. The van der Waals surface area contributed by atoms with E-state index in [1.807, 2.05) is 0 Å². The third-order valence-electron chi connectivity index (χ3n) is 2.68. The van der Waals surface area contributed by atoms with E-state index in [1.165, 1.54) is 19.3 Å². The largest absolute Gasteiger partial charge is 0.478 e. The Bertz CT molecular complexity index is 214. The fourth-order valence-electron chi connectivity index (χ4n) is 1.55. The Morgan fingerprint density at radius 1 is 1.25 bits per heavy atom. The first-order valence-electron chi connectivity index (χ1n) is 6.13. The van der Waals surface area contributed by atoms with Crippen LogP contribution in [0.5, 0.6) is 0 Å². The molecule has 0 saturated carbocycles. The van der Waals surface area contributed by atoms with Crippen LogP contribution in [0.2, 0.25) is 0 Å². The molecule has 1 N–H and O–H groups in total. The summed E-state index contributed by atoms with van der Waals surface area (Å²) in [5.74, 6) is -1.02. The highest BCUT2D eigenvalue weighted by atomic mass is 19.1. The number of hydrogen-bond donors (Lipinski definition) is 1. The Morgan fingerprint density at radius 3 is 2.44 bits per heavy atom. The van der Waals surface area contributed by atoms with Gasteiger partial charge in [0.2, 0.25) is 0 Å². The van der Waals surface area contributed by atoms with Crippen LogP contribution >= 0.6 is 0 Å². The van der Waals surface area contributed by atoms with E-state index in [0.717, 1.165) is 12.8 Å². The maximum Gasteiger partial charge on any atom is 0.330 e. The number of carboxylic acid groups (broad SMARTS) is 1. The molecule has 1 unspecified atom stereocenters. The molecular formula is C13H23FO2. The van der Waals surface area contributed by atoms with Crippen LogP contribution in [-0.4, -0.2) is 17.2 Å². The van der Waals surface area contributed by atoms with Crippen LogP contribution in [-0.2, 0) is 4.79 Å². The number of carboxylic acids is 1. The highest BCUT2D eigenvalue weighted by molar-refractivity contribution is 5.85. The van der Waals surface area contributed by atoms with Gasteiger partial charge in [0.15, 0.2) is 0 Å². The predicted octanol–water partition coefficient (Wildman–Crippen LogP) is 4.11. The first kappa shape index (κ1) is 15.1. The molecular weight excluding hydrogens is 207 g/mol. The van der Waals surface area contributed by atoms with Crippen molar-refractivity contribution < 1.29 is 14.3 Å². The summed E-state index contributed by atoms with van der Waals surface area (Å²) in [4.78, 5) is 10.4. The van der Waals surface area contributed by atoms with E-state index < -0.39 is 12.1 Å². The monoisotopic (exact) mass is 230 g/mol. The summed E-state index contributed by atoms with van der Waals surface area (Å²) >= 11 is 0. The smallest absolute Gasteiger partial charge is 0.330 e. The van der Waals surface area contributed by atoms with Crippen molar-refractivity contribution in [1.29, 1.82) is 0 Å². The second-order valence-corrected chi connectivity index (χ2v) is 4.25. The average Bonchev–Trinajstić information content (AvgIpc) is 2.25. The van der Waals surface area contributed by atoms with Crippen molar-refractivity contribution in [2.75, 3.05) is 0 Å². The number of rotatable bonds is 10. The molecule has 1 atom stereocenters. The molecule has 94 valence electrons. The van der Waals surface area contributed by atoms with Crippen LogP contribution in [0.25, 0.3) is 0 Å².